The van der Waals surface area contributed by atoms with E-state index in [0.717, 1.165) is 0 Å². The Morgan fingerprint density at radius 3 is 1.71 bits per heavy atom. The second-order valence-electron chi connectivity index (χ2n) is 2.34. The van der Waals surface area contributed by atoms with Gasteiger partial charge in [-0.25, -0.2) is 4.79 Å². The highest BCUT2D eigenvalue weighted by molar-refractivity contribution is 6.18. The molecule has 0 heterocycles. The van der Waals surface area contributed by atoms with Crippen LogP contribution < -0.4 is 0 Å². The molecule has 0 saturated heterocycles. The van der Waals surface area contributed by atoms with Crippen LogP contribution in [0.5, 0.6) is 0 Å². The Kier molecular flexibility index (Phi) is 7.34. The molecule has 0 radical (unpaired) electrons. The minimum atomic E-state index is -0.832. The summed E-state index contributed by atoms with van der Waals surface area (Å²) in [5.74, 6) is 0.274. The number of rotatable bonds is 6. The SMILES string of the molecule is C=CC(CCl)OC(=O)OC(C=C)CCl. The molecule has 0 aliphatic carbocycles. The molecule has 0 aliphatic heterocycles. The number of halogens is 2. The van der Waals surface area contributed by atoms with Crippen LogP contribution in [0.2, 0.25) is 0 Å². The van der Waals surface area contributed by atoms with Crippen LogP contribution in [0.4, 0.5) is 4.79 Å². The molecule has 0 rings (SSSR count). The Balaban J connectivity index is 3.95. The zero-order valence-corrected chi connectivity index (χ0v) is 9.13. The van der Waals surface area contributed by atoms with Crippen LogP contribution in [-0.2, 0) is 9.47 Å². The lowest BCUT2D eigenvalue weighted by Crippen LogP contribution is -2.23. The van der Waals surface area contributed by atoms with Crippen LogP contribution >= 0.6 is 23.2 Å². The molecule has 80 valence electrons. The summed E-state index contributed by atoms with van der Waals surface area (Å²) in [5, 5.41) is 0. The van der Waals surface area contributed by atoms with E-state index in [-0.39, 0.29) is 11.8 Å². The third-order valence-electron chi connectivity index (χ3n) is 1.33. The van der Waals surface area contributed by atoms with Crippen LogP contribution in [0.25, 0.3) is 0 Å². The van der Waals surface area contributed by atoms with Crippen LogP contribution in [0.1, 0.15) is 0 Å². The Morgan fingerprint density at radius 2 is 1.50 bits per heavy atom. The fraction of sp³-hybridized carbons (Fsp3) is 0.444. The van der Waals surface area contributed by atoms with Crippen molar-refractivity contribution in [1.82, 2.24) is 0 Å². The van der Waals surface area contributed by atoms with Crippen molar-refractivity contribution in [2.75, 3.05) is 11.8 Å². The summed E-state index contributed by atoms with van der Waals surface area (Å²) in [7, 11) is 0. The molecule has 0 spiro atoms. The molecule has 0 aromatic heterocycles. The van der Waals surface area contributed by atoms with Crippen molar-refractivity contribution < 1.29 is 14.3 Å². The first-order chi connectivity index (χ1) is 6.67. The summed E-state index contributed by atoms with van der Waals surface area (Å²) in [6, 6.07) is 0. The highest BCUT2D eigenvalue weighted by atomic mass is 35.5. The van der Waals surface area contributed by atoms with Gasteiger partial charge in [0.25, 0.3) is 0 Å². The van der Waals surface area contributed by atoms with Gasteiger partial charge in [-0.2, -0.15) is 0 Å². The normalized spacial score (nSPS) is 13.9. The second-order valence-corrected chi connectivity index (χ2v) is 2.96. The van der Waals surface area contributed by atoms with Gasteiger partial charge in [0.15, 0.2) is 0 Å². The molecule has 2 unspecified atom stereocenters. The average Bonchev–Trinajstić information content (AvgIpc) is 2.22. The lowest BCUT2D eigenvalue weighted by molar-refractivity contribution is 0.0313. The van der Waals surface area contributed by atoms with Crippen molar-refractivity contribution >= 4 is 29.4 Å². The van der Waals surface area contributed by atoms with Gasteiger partial charge in [-0.1, -0.05) is 25.3 Å². The highest BCUT2D eigenvalue weighted by Crippen LogP contribution is 2.03. The van der Waals surface area contributed by atoms with Crippen molar-refractivity contribution in [3.8, 4) is 0 Å². The Bertz CT molecular complexity index is 186. The van der Waals surface area contributed by atoms with E-state index in [1.54, 1.807) is 0 Å². The molecule has 0 saturated carbocycles. The molecule has 0 N–H and O–H groups in total. The first-order valence-electron chi connectivity index (χ1n) is 3.92. The van der Waals surface area contributed by atoms with Crippen LogP contribution in [0.3, 0.4) is 0 Å². The molecular weight excluding hydrogens is 227 g/mol. The molecule has 5 heteroatoms. The zero-order chi connectivity index (χ0) is 11.0. The monoisotopic (exact) mass is 238 g/mol. The maximum absolute atomic E-state index is 11.0. The molecule has 0 bridgehead atoms. The second kappa shape index (κ2) is 7.71. The van der Waals surface area contributed by atoms with Crippen molar-refractivity contribution in [3.05, 3.63) is 25.3 Å². The molecule has 3 nitrogen and oxygen atoms in total. The van der Waals surface area contributed by atoms with E-state index in [1.807, 2.05) is 0 Å². The quantitative estimate of drug-likeness (QED) is 0.406. The van der Waals surface area contributed by atoms with Gasteiger partial charge in [0, 0.05) is 0 Å². The molecular formula is C9H12Cl2O3. The van der Waals surface area contributed by atoms with E-state index < -0.39 is 18.4 Å². The lowest BCUT2D eigenvalue weighted by atomic mass is 10.4. The van der Waals surface area contributed by atoms with Gasteiger partial charge in [-0.3, -0.25) is 0 Å². The minimum Gasteiger partial charge on any atom is -0.425 e. The highest BCUT2D eigenvalue weighted by Gasteiger charge is 2.14. The van der Waals surface area contributed by atoms with E-state index in [1.165, 1.54) is 12.2 Å². The van der Waals surface area contributed by atoms with Gasteiger partial charge in [0.05, 0.1) is 11.8 Å². The number of alkyl halides is 2. The third kappa shape index (κ3) is 5.14. The molecule has 0 aromatic rings. The number of carbonyl (C=O) groups excluding carboxylic acids is 1. The van der Waals surface area contributed by atoms with Crippen LogP contribution in [-0.4, -0.2) is 30.1 Å². The fourth-order valence-corrected chi connectivity index (χ4v) is 0.938. The molecule has 2 atom stereocenters. The number of hydrogen-bond donors (Lipinski definition) is 0. The molecule has 0 aromatic carbocycles. The molecule has 0 amide bonds. The smallest absolute Gasteiger partial charge is 0.425 e. The predicted molar refractivity (Wildman–Crippen MR) is 57.0 cm³/mol. The van der Waals surface area contributed by atoms with Crippen molar-refractivity contribution in [2.24, 2.45) is 0 Å². The standard InChI is InChI=1S/C9H12Cl2O3/c1-3-7(5-10)13-9(12)14-8(4-2)6-11/h3-4,7-8H,1-2,5-6H2. The molecule has 14 heavy (non-hydrogen) atoms. The van der Waals surface area contributed by atoms with Crippen LogP contribution in [0, 0.1) is 0 Å². The zero-order valence-electron chi connectivity index (χ0n) is 7.62. The van der Waals surface area contributed by atoms with E-state index in [2.05, 4.69) is 13.2 Å². The lowest BCUT2D eigenvalue weighted by Gasteiger charge is -2.14. The maximum Gasteiger partial charge on any atom is 0.509 e. The van der Waals surface area contributed by atoms with Gasteiger partial charge < -0.3 is 9.47 Å². The summed E-state index contributed by atoms with van der Waals surface area (Å²) in [5.41, 5.74) is 0. The first kappa shape index (κ1) is 13.3. The Hall–Kier alpha value is -0.670. The van der Waals surface area contributed by atoms with Gasteiger partial charge in [0.1, 0.15) is 12.2 Å². The van der Waals surface area contributed by atoms with Crippen molar-refractivity contribution in [2.45, 2.75) is 12.2 Å². The summed E-state index contributed by atoms with van der Waals surface area (Å²) in [4.78, 5) is 11.0. The molecule has 0 aliphatic rings. The maximum atomic E-state index is 11.0. The van der Waals surface area contributed by atoms with Crippen LogP contribution in [0.15, 0.2) is 25.3 Å². The summed E-state index contributed by atoms with van der Waals surface area (Å²) < 4.78 is 9.53. The van der Waals surface area contributed by atoms with Gasteiger partial charge in [-0.05, 0) is 0 Å². The summed E-state index contributed by atoms with van der Waals surface area (Å²) >= 11 is 10.9. The van der Waals surface area contributed by atoms with E-state index >= 15 is 0 Å². The number of hydrogen-bond acceptors (Lipinski definition) is 3. The summed E-state index contributed by atoms with van der Waals surface area (Å²) in [6.07, 6.45) is 0.895. The van der Waals surface area contributed by atoms with Crippen molar-refractivity contribution in [1.29, 1.82) is 0 Å². The van der Waals surface area contributed by atoms with Gasteiger partial charge >= 0.3 is 6.16 Å². The van der Waals surface area contributed by atoms with Crippen molar-refractivity contribution in [3.63, 3.8) is 0 Å². The average molecular weight is 239 g/mol. The Morgan fingerprint density at radius 1 is 1.14 bits per heavy atom. The number of ether oxygens (including phenoxy) is 2. The largest absolute Gasteiger partial charge is 0.509 e. The fourth-order valence-electron chi connectivity index (χ4n) is 0.560. The number of carbonyl (C=O) groups is 1. The first-order valence-corrected chi connectivity index (χ1v) is 4.99. The van der Waals surface area contributed by atoms with E-state index in [9.17, 15) is 4.79 Å². The third-order valence-corrected chi connectivity index (χ3v) is 1.93. The Labute approximate surface area is 93.3 Å². The summed E-state index contributed by atoms with van der Waals surface area (Å²) in [6.45, 7) is 6.88. The van der Waals surface area contributed by atoms with Gasteiger partial charge in [-0.15, -0.1) is 23.2 Å². The van der Waals surface area contributed by atoms with Gasteiger partial charge in [0.2, 0.25) is 0 Å². The van der Waals surface area contributed by atoms with E-state index in [0.29, 0.717) is 0 Å². The van der Waals surface area contributed by atoms with E-state index in [4.69, 9.17) is 32.7 Å². The molecule has 0 fully saturated rings. The topological polar surface area (TPSA) is 35.5 Å². The minimum absolute atomic E-state index is 0.137. The predicted octanol–water partition coefficient (Wildman–Crippen LogP) is 2.73.